The van der Waals surface area contributed by atoms with Gasteiger partial charge in [-0.1, -0.05) is 19.3 Å². The van der Waals surface area contributed by atoms with Gasteiger partial charge in [0, 0.05) is 5.56 Å². The zero-order valence-electron chi connectivity index (χ0n) is 10.7. The molecule has 3 N–H and O–H groups in total. The lowest BCUT2D eigenvalue weighted by atomic mass is 10.1. The number of ether oxygens (including phenoxy) is 1. The Morgan fingerprint density at radius 3 is 2.83 bits per heavy atom. The van der Waals surface area contributed by atoms with Crippen molar-refractivity contribution in [2.45, 2.75) is 25.8 Å². The van der Waals surface area contributed by atoms with Crippen LogP contribution in [0.1, 0.15) is 30.1 Å². The van der Waals surface area contributed by atoms with E-state index < -0.39 is 0 Å². The summed E-state index contributed by atoms with van der Waals surface area (Å²) in [5.74, 6) is 2.88. The lowest BCUT2D eigenvalue weighted by Crippen LogP contribution is -2.33. The molecule has 96 valence electrons. The minimum absolute atomic E-state index is 0.222. The van der Waals surface area contributed by atoms with E-state index in [-0.39, 0.29) is 11.9 Å². The highest BCUT2D eigenvalue weighted by Gasteiger charge is 2.12. The fraction of sp³-hybridized carbons (Fsp3) is 0.357. The van der Waals surface area contributed by atoms with Crippen LogP contribution in [0.5, 0.6) is 5.75 Å². The summed E-state index contributed by atoms with van der Waals surface area (Å²) < 4.78 is 5.03. The van der Waals surface area contributed by atoms with E-state index in [1.54, 1.807) is 18.2 Å². The van der Waals surface area contributed by atoms with Crippen molar-refractivity contribution in [3.63, 3.8) is 0 Å². The minimum atomic E-state index is -0.245. The molecule has 1 unspecified atom stereocenters. The fourth-order valence-corrected chi connectivity index (χ4v) is 1.60. The highest BCUT2D eigenvalue weighted by atomic mass is 16.5. The molecule has 0 heterocycles. The molecule has 0 spiro atoms. The van der Waals surface area contributed by atoms with Gasteiger partial charge in [-0.3, -0.25) is 4.79 Å². The number of hydrogen-bond donors (Lipinski definition) is 2. The van der Waals surface area contributed by atoms with Crippen LogP contribution in [0.15, 0.2) is 18.2 Å². The Morgan fingerprint density at radius 2 is 2.33 bits per heavy atom. The molecule has 1 aromatic rings. The van der Waals surface area contributed by atoms with E-state index in [1.165, 1.54) is 7.11 Å². The Labute approximate surface area is 108 Å². The van der Waals surface area contributed by atoms with Crippen molar-refractivity contribution in [3.8, 4) is 18.1 Å². The van der Waals surface area contributed by atoms with Crippen molar-refractivity contribution in [2.75, 3.05) is 12.8 Å². The molecule has 1 amide bonds. The Kier molecular flexibility index (Phi) is 5.06. The number of hydrogen-bond acceptors (Lipinski definition) is 3. The van der Waals surface area contributed by atoms with E-state index in [0.29, 0.717) is 17.0 Å². The predicted octanol–water partition coefficient (Wildman–Crippen LogP) is 1.81. The zero-order chi connectivity index (χ0) is 13.5. The van der Waals surface area contributed by atoms with Gasteiger partial charge in [-0.2, -0.15) is 0 Å². The zero-order valence-corrected chi connectivity index (χ0v) is 10.7. The summed E-state index contributed by atoms with van der Waals surface area (Å²) in [5.41, 5.74) is 6.65. The van der Waals surface area contributed by atoms with Gasteiger partial charge in [0.2, 0.25) is 0 Å². The highest BCUT2D eigenvalue weighted by Crippen LogP contribution is 2.21. The van der Waals surface area contributed by atoms with Gasteiger partial charge in [-0.15, -0.1) is 6.42 Å². The van der Waals surface area contributed by atoms with Crippen molar-refractivity contribution >= 4 is 11.6 Å². The number of carbonyl (C=O) groups is 1. The van der Waals surface area contributed by atoms with Gasteiger partial charge in [0.15, 0.2) is 0 Å². The molecule has 4 heteroatoms. The van der Waals surface area contributed by atoms with Gasteiger partial charge < -0.3 is 15.8 Å². The number of rotatable bonds is 5. The van der Waals surface area contributed by atoms with Gasteiger partial charge in [0.05, 0.1) is 18.8 Å². The number of amides is 1. The average Bonchev–Trinajstić information content (AvgIpc) is 2.37. The van der Waals surface area contributed by atoms with E-state index in [9.17, 15) is 4.79 Å². The quantitative estimate of drug-likeness (QED) is 0.615. The summed E-state index contributed by atoms with van der Waals surface area (Å²) in [6.45, 7) is 2.02. The molecule has 1 atom stereocenters. The molecule has 0 bridgehead atoms. The lowest BCUT2D eigenvalue weighted by molar-refractivity contribution is 0.0944. The van der Waals surface area contributed by atoms with Gasteiger partial charge in [0.25, 0.3) is 5.91 Å². The maximum absolute atomic E-state index is 11.9. The minimum Gasteiger partial charge on any atom is -0.495 e. The van der Waals surface area contributed by atoms with Crippen LogP contribution in [0.2, 0.25) is 0 Å². The van der Waals surface area contributed by atoms with Crippen molar-refractivity contribution < 1.29 is 9.53 Å². The van der Waals surface area contributed by atoms with E-state index >= 15 is 0 Å². The van der Waals surface area contributed by atoms with Gasteiger partial charge in [-0.05, 0) is 24.6 Å². The number of carbonyl (C=O) groups excluding carboxylic acids is 1. The van der Waals surface area contributed by atoms with Crippen LogP contribution in [0.3, 0.4) is 0 Å². The van der Waals surface area contributed by atoms with E-state index in [4.69, 9.17) is 16.9 Å². The first kappa shape index (κ1) is 13.9. The SMILES string of the molecule is C#CC(CCC)NC(=O)c1ccc(OC)c(N)c1. The summed E-state index contributed by atoms with van der Waals surface area (Å²) >= 11 is 0. The molecule has 0 aliphatic rings. The van der Waals surface area contributed by atoms with Gasteiger partial charge in [-0.25, -0.2) is 0 Å². The van der Waals surface area contributed by atoms with Crippen LogP contribution in [0.4, 0.5) is 5.69 Å². The fourth-order valence-electron chi connectivity index (χ4n) is 1.60. The molecule has 0 aliphatic carbocycles. The molecule has 0 radical (unpaired) electrons. The molecule has 0 saturated heterocycles. The second-order valence-corrected chi connectivity index (χ2v) is 3.94. The van der Waals surface area contributed by atoms with Crippen molar-refractivity contribution in [2.24, 2.45) is 0 Å². The summed E-state index contributed by atoms with van der Waals surface area (Å²) in [6, 6.07) is 4.65. The normalized spacial score (nSPS) is 11.4. The molecule has 1 rings (SSSR count). The Morgan fingerprint density at radius 1 is 1.61 bits per heavy atom. The second-order valence-electron chi connectivity index (χ2n) is 3.94. The topological polar surface area (TPSA) is 64.3 Å². The molecule has 0 fully saturated rings. The molecule has 0 aromatic heterocycles. The van der Waals surface area contributed by atoms with Crippen LogP contribution in [-0.2, 0) is 0 Å². The summed E-state index contributed by atoms with van der Waals surface area (Å²) in [5, 5.41) is 2.78. The van der Waals surface area contributed by atoms with E-state index in [0.717, 1.165) is 12.8 Å². The number of terminal acetylenes is 1. The Bertz CT molecular complexity index is 463. The number of nitrogens with two attached hydrogens (primary N) is 1. The third kappa shape index (κ3) is 3.42. The largest absolute Gasteiger partial charge is 0.495 e. The maximum Gasteiger partial charge on any atom is 0.252 e. The lowest BCUT2D eigenvalue weighted by Gasteiger charge is -2.13. The molecule has 0 aliphatic heterocycles. The second kappa shape index (κ2) is 6.55. The average molecular weight is 246 g/mol. The maximum atomic E-state index is 11.9. The van der Waals surface area contributed by atoms with Crippen LogP contribution in [-0.4, -0.2) is 19.1 Å². The molecule has 18 heavy (non-hydrogen) atoms. The summed E-state index contributed by atoms with van der Waals surface area (Å²) in [7, 11) is 1.53. The first-order valence-electron chi connectivity index (χ1n) is 5.82. The van der Waals surface area contributed by atoms with Gasteiger partial charge in [0.1, 0.15) is 5.75 Å². The molecule has 0 saturated carbocycles. The molecular weight excluding hydrogens is 228 g/mol. The van der Waals surface area contributed by atoms with Crippen molar-refractivity contribution in [1.29, 1.82) is 0 Å². The monoisotopic (exact) mass is 246 g/mol. The molecule has 1 aromatic carbocycles. The number of benzene rings is 1. The van der Waals surface area contributed by atoms with Crippen LogP contribution in [0.25, 0.3) is 0 Å². The third-order valence-corrected chi connectivity index (χ3v) is 2.58. The molecular formula is C14H18N2O2. The number of methoxy groups -OCH3 is 1. The van der Waals surface area contributed by atoms with Crippen LogP contribution in [0, 0.1) is 12.3 Å². The predicted molar refractivity (Wildman–Crippen MR) is 72.4 cm³/mol. The standard InChI is InChI=1S/C14H18N2O2/c1-4-6-11(5-2)16-14(17)10-7-8-13(18-3)12(15)9-10/h2,7-9,11H,4,6,15H2,1,3H3,(H,16,17). The van der Waals surface area contributed by atoms with Crippen LogP contribution >= 0.6 is 0 Å². The number of nitrogens with one attached hydrogen (secondary N) is 1. The Balaban J connectivity index is 2.79. The first-order valence-corrected chi connectivity index (χ1v) is 5.82. The van der Waals surface area contributed by atoms with Crippen molar-refractivity contribution in [3.05, 3.63) is 23.8 Å². The van der Waals surface area contributed by atoms with E-state index in [2.05, 4.69) is 11.2 Å². The number of anilines is 1. The Hall–Kier alpha value is -2.15. The van der Waals surface area contributed by atoms with Crippen molar-refractivity contribution in [1.82, 2.24) is 5.32 Å². The smallest absolute Gasteiger partial charge is 0.252 e. The van der Waals surface area contributed by atoms with Crippen LogP contribution < -0.4 is 15.8 Å². The third-order valence-electron chi connectivity index (χ3n) is 2.58. The highest BCUT2D eigenvalue weighted by molar-refractivity contribution is 5.95. The first-order chi connectivity index (χ1) is 8.62. The summed E-state index contributed by atoms with van der Waals surface area (Å²) in [6.07, 6.45) is 7.03. The molecule has 4 nitrogen and oxygen atoms in total. The van der Waals surface area contributed by atoms with Gasteiger partial charge >= 0.3 is 0 Å². The number of nitrogen functional groups attached to an aromatic ring is 1. The summed E-state index contributed by atoms with van der Waals surface area (Å²) in [4.78, 5) is 11.9. The van der Waals surface area contributed by atoms with E-state index in [1.807, 2.05) is 6.92 Å².